The molecule has 4 aliphatic rings. The summed E-state index contributed by atoms with van der Waals surface area (Å²) in [6.45, 7) is 2.22. The summed E-state index contributed by atoms with van der Waals surface area (Å²) in [5.41, 5.74) is 0.987. The molecule has 1 N–H and O–H groups in total. The summed E-state index contributed by atoms with van der Waals surface area (Å²) in [6.07, 6.45) is 8.21. The first-order valence-corrected chi connectivity index (χ1v) is 9.93. The van der Waals surface area contributed by atoms with Crippen molar-refractivity contribution >= 4 is 21.8 Å². The van der Waals surface area contributed by atoms with Crippen LogP contribution in [0.15, 0.2) is 22.7 Å². The van der Waals surface area contributed by atoms with E-state index in [1.54, 1.807) is 7.11 Å². The maximum atomic E-state index is 12.8. The number of carbonyl (C=O) groups excluding carboxylic acids is 1. The Labute approximate surface area is 152 Å². The number of methoxy groups -OCH3 is 1. The Morgan fingerprint density at radius 2 is 1.79 bits per heavy atom. The average molecular weight is 392 g/mol. The largest absolute Gasteiger partial charge is 0.497 e. The van der Waals surface area contributed by atoms with Gasteiger partial charge in [-0.1, -0.05) is 0 Å². The predicted molar refractivity (Wildman–Crippen MR) is 98.2 cm³/mol. The van der Waals surface area contributed by atoms with E-state index in [0.29, 0.717) is 16.7 Å². The monoisotopic (exact) mass is 391 g/mol. The molecule has 1 aromatic carbocycles. The standard InChI is InChI=1S/C20H26BrNO2/c1-12(20-9-13-5-14(10-20)7-15(6-13)11-20)22-19(23)17-8-16(24-2)3-4-18(17)21/h3-4,8,12-15H,5-7,9-11H2,1-2H3,(H,22,23). The van der Waals surface area contributed by atoms with Crippen molar-refractivity contribution in [3.05, 3.63) is 28.2 Å². The van der Waals surface area contributed by atoms with Gasteiger partial charge in [0.25, 0.3) is 5.91 Å². The molecule has 4 heteroatoms. The second-order valence-corrected chi connectivity index (χ2v) is 9.18. The lowest BCUT2D eigenvalue weighted by molar-refractivity contribution is -0.0688. The Morgan fingerprint density at radius 1 is 1.21 bits per heavy atom. The Morgan fingerprint density at radius 3 is 2.33 bits per heavy atom. The van der Waals surface area contributed by atoms with Crippen LogP contribution in [0, 0.1) is 23.2 Å². The zero-order chi connectivity index (χ0) is 16.9. The third-order valence-electron chi connectivity index (χ3n) is 6.77. The number of rotatable bonds is 4. The van der Waals surface area contributed by atoms with Crippen LogP contribution in [0.5, 0.6) is 5.75 Å². The van der Waals surface area contributed by atoms with Gasteiger partial charge in [-0.05, 0) is 103 Å². The predicted octanol–water partition coefficient (Wildman–Crippen LogP) is 4.79. The molecule has 1 amide bonds. The molecule has 130 valence electrons. The van der Waals surface area contributed by atoms with Crippen LogP contribution in [0.1, 0.15) is 55.8 Å². The van der Waals surface area contributed by atoms with Gasteiger partial charge in [0.05, 0.1) is 12.7 Å². The first-order chi connectivity index (χ1) is 11.5. The van der Waals surface area contributed by atoms with Crippen molar-refractivity contribution in [2.24, 2.45) is 23.2 Å². The maximum absolute atomic E-state index is 12.8. The molecule has 0 radical (unpaired) electrons. The van der Waals surface area contributed by atoms with Crippen molar-refractivity contribution in [1.29, 1.82) is 0 Å². The first-order valence-electron chi connectivity index (χ1n) is 9.13. The summed E-state index contributed by atoms with van der Waals surface area (Å²) in [6, 6.07) is 5.79. The van der Waals surface area contributed by atoms with Crippen LogP contribution in [0.2, 0.25) is 0 Å². The lowest BCUT2D eigenvalue weighted by atomic mass is 9.48. The Balaban J connectivity index is 1.52. The summed E-state index contributed by atoms with van der Waals surface area (Å²) in [5.74, 6) is 3.42. The molecule has 0 aromatic heterocycles. The molecular weight excluding hydrogens is 366 g/mol. The molecule has 3 nitrogen and oxygen atoms in total. The van der Waals surface area contributed by atoms with Gasteiger partial charge >= 0.3 is 0 Å². The van der Waals surface area contributed by atoms with Crippen molar-refractivity contribution in [3.8, 4) is 5.75 Å². The Hall–Kier alpha value is -1.03. The molecule has 4 bridgehead atoms. The zero-order valence-corrected chi connectivity index (χ0v) is 16.1. The second-order valence-electron chi connectivity index (χ2n) is 8.32. The van der Waals surface area contributed by atoms with Crippen molar-refractivity contribution in [2.45, 2.75) is 51.5 Å². The van der Waals surface area contributed by atoms with Gasteiger partial charge in [-0.25, -0.2) is 0 Å². The third-order valence-corrected chi connectivity index (χ3v) is 7.46. The van der Waals surface area contributed by atoms with Crippen LogP contribution in [0.4, 0.5) is 0 Å². The normalized spacial score (nSPS) is 34.9. The van der Waals surface area contributed by atoms with Gasteiger partial charge in [-0.15, -0.1) is 0 Å². The Bertz CT molecular complexity index is 622. The van der Waals surface area contributed by atoms with Crippen molar-refractivity contribution in [1.82, 2.24) is 5.32 Å². The van der Waals surface area contributed by atoms with Gasteiger partial charge in [0.2, 0.25) is 0 Å². The van der Waals surface area contributed by atoms with E-state index in [1.165, 1.54) is 38.5 Å². The lowest BCUT2D eigenvalue weighted by Gasteiger charge is -2.59. The number of carbonyl (C=O) groups is 1. The molecule has 0 aliphatic heterocycles. The van der Waals surface area contributed by atoms with E-state index >= 15 is 0 Å². The summed E-state index contributed by atoms with van der Waals surface area (Å²) < 4.78 is 6.08. The van der Waals surface area contributed by atoms with Crippen molar-refractivity contribution < 1.29 is 9.53 Å². The molecule has 1 atom stereocenters. The highest BCUT2D eigenvalue weighted by atomic mass is 79.9. The highest BCUT2D eigenvalue weighted by Gasteiger charge is 2.53. The van der Waals surface area contributed by atoms with E-state index in [-0.39, 0.29) is 11.9 Å². The van der Waals surface area contributed by atoms with Gasteiger partial charge < -0.3 is 10.1 Å². The van der Waals surface area contributed by atoms with Crippen LogP contribution in [-0.2, 0) is 0 Å². The van der Waals surface area contributed by atoms with Crippen LogP contribution in [-0.4, -0.2) is 19.1 Å². The SMILES string of the molecule is COc1ccc(Br)c(C(=O)NC(C)C23CC4CC(CC(C4)C2)C3)c1. The maximum Gasteiger partial charge on any atom is 0.252 e. The average Bonchev–Trinajstić information content (AvgIpc) is 2.54. The molecule has 1 aromatic rings. The zero-order valence-electron chi connectivity index (χ0n) is 14.5. The molecule has 0 saturated heterocycles. The molecule has 0 heterocycles. The summed E-state index contributed by atoms with van der Waals surface area (Å²) in [7, 11) is 1.63. The first kappa shape index (κ1) is 16.4. The van der Waals surface area contributed by atoms with E-state index in [2.05, 4.69) is 28.2 Å². The summed E-state index contributed by atoms with van der Waals surface area (Å²) in [4.78, 5) is 12.8. The molecule has 5 rings (SSSR count). The second kappa shape index (κ2) is 6.05. The van der Waals surface area contributed by atoms with Gasteiger partial charge in [-0.2, -0.15) is 0 Å². The van der Waals surface area contributed by atoms with Crippen LogP contribution < -0.4 is 10.1 Å². The third kappa shape index (κ3) is 2.77. The summed E-state index contributed by atoms with van der Waals surface area (Å²) in [5, 5.41) is 3.32. The minimum Gasteiger partial charge on any atom is -0.497 e. The molecule has 0 spiro atoms. The Kier molecular flexibility index (Phi) is 4.14. The topological polar surface area (TPSA) is 38.3 Å². The van der Waals surface area contributed by atoms with E-state index in [9.17, 15) is 4.79 Å². The van der Waals surface area contributed by atoms with Crippen LogP contribution >= 0.6 is 15.9 Å². The van der Waals surface area contributed by atoms with Crippen molar-refractivity contribution in [3.63, 3.8) is 0 Å². The number of ether oxygens (including phenoxy) is 1. The molecule has 1 unspecified atom stereocenters. The smallest absolute Gasteiger partial charge is 0.252 e. The highest BCUT2D eigenvalue weighted by Crippen LogP contribution is 2.61. The van der Waals surface area contributed by atoms with E-state index < -0.39 is 0 Å². The van der Waals surface area contributed by atoms with Crippen molar-refractivity contribution in [2.75, 3.05) is 7.11 Å². The minimum atomic E-state index is 0.00372. The van der Waals surface area contributed by atoms with Gasteiger partial charge in [0.1, 0.15) is 5.75 Å². The van der Waals surface area contributed by atoms with E-state index in [4.69, 9.17) is 4.74 Å². The fourth-order valence-electron chi connectivity index (χ4n) is 5.94. The van der Waals surface area contributed by atoms with E-state index in [1.807, 2.05) is 18.2 Å². The van der Waals surface area contributed by atoms with Gasteiger partial charge in [-0.3, -0.25) is 4.79 Å². The molecule has 4 saturated carbocycles. The number of nitrogens with one attached hydrogen (secondary N) is 1. The quantitative estimate of drug-likeness (QED) is 0.800. The number of hydrogen-bond acceptors (Lipinski definition) is 2. The lowest BCUT2D eigenvalue weighted by Crippen LogP contribution is -2.55. The van der Waals surface area contributed by atoms with Gasteiger partial charge in [0.15, 0.2) is 0 Å². The number of hydrogen-bond donors (Lipinski definition) is 1. The van der Waals surface area contributed by atoms with Gasteiger partial charge in [0, 0.05) is 10.5 Å². The molecule has 24 heavy (non-hydrogen) atoms. The number of amides is 1. The minimum absolute atomic E-state index is 0.00372. The van der Waals surface area contributed by atoms with Crippen LogP contribution in [0.3, 0.4) is 0 Å². The fraction of sp³-hybridized carbons (Fsp3) is 0.650. The number of benzene rings is 1. The number of halogens is 1. The fourth-order valence-corrected chi connectivity index (χ4v) is 6.37. The molecular formula is C20H26BrNO2. The molecule has 4 fully saturated rings. The van der Waals surface area contributed by atoms with Crippen LogP contribution in [0.25, 0.3) is 0 Å². The highest BCUT2D eigenvalue weighted by molar-refractivity contribution is 9.10. The molecule has 4 aliphatic carbocycles. The van der Waals surface area contributed by atoms with E-state index in [0.717, 1.165) is 22.2 Å². The summed E-state index contributed by atoms with van der Waals surface area (Å²) >= 11 is 3.50.